The van der Waals surface area contributed by atoms with Gasteiger partial charge in [0, 0.05) is 23.9 Å². The van der Waals surface area contributed by atoms with Crippen LogP contribution in [0.2, 0.25) is 0 Å². The van der Waals surface area contributed by atoms with E-state index in [9.17, 15) is 14.7 Å². The highest BCUT2D eigenvalue weighted by Crippen LogP contribution is 2.89. The van der Waals surface area contributed by atoms with E-state index in [1.54, 1.807) is 4.90 Å². The molecule has 9 heteroatoms. The van der Waals surface area contributed by atoms with Crippen LogP contribution in [-0.4, -0.2) is 85.1 Å². The van der Waals surface area contributed by atoms with Gasteiger partial charge in [-0.15, -0.1) is 0 Å². The average Bonchev–Trinajstić information content (AvgIpc) is 3.59. The van der Waals surface area contributed by atoms with Crippen LogP contribution >= 0.6 is 0 Å². The van der Waals surface area contributed by atoms with Crippen molar-refractivity contribution in [2.45, 2.75) is 143 Å². The molecule has 13 atom stereocenters. The highest BCUT2D eigenvalue weighted by molar-refractivity contribution is 5.69. The van der Waals surface area contributed by atoms with Gasteiger partial charge in [0.1, 0.15) is 12.2 Å². The molecule has 5 aliphatic carbocycles. The molecule has 3 saturated heterocycles. The number of alkyl carbamates (subject to hydrolysis) is 1. The fourth-order valence-electron chi connectivity index (χ4n) is 13.7. The largest absolute Gasteiger partial charge is 0.446 e. The maximum atomic E-state index is 12.9. The second kappa shape index (κ2) is 10.7. The van der Waals surface area contributed by atoms with E-state index in [1.165, 1.54) is 12.8 Å². The molecule has 2 amide bonds. The molecule has 8 unspecified atom stereocenters. The molecule has 8 rings (SSSR count). The molecular formula is C38H60N2O7. The fourth-order valence-corrected chi connectivity index (χ4v) is 13.7. The van der Waals surface area contributed by atoms with Crippen LogP contribution < -0.4 is 5.32 Å². The van der Waals surface area contributed by atoms with Gasteiger partial charge in [-0.2, -0.15) is 0 Å². The summed E-state index contributed by atoms with van der Waals surface area (Å²) in [5, 5.41) is 15.6. The molecule has 0 aromatic heterocycles. The van der Waals surface area contributed by atoms with Crippen LogP contribution in [0.3, 0.4) is 0 Å². The molecule has 0 aromatic carbocycles. The molecule has 9 nitrogen and oxygen atoms in total. The van der Waals surface area contributed by atoms with Crippen molar-refractivity contribution in [3.8, 4) is 0 Å². The average molecular weight is 657 g/mol. The number of amides is 2. The molecule has 47 heavy (non-hydrogen) atoms. The minimum atomic E-state index is -0.551. The fraction of sp³-hybridized carbons (Fsp3) is 0.947. The first-order valence-corrected chi connectivity index (χ1v) is 19.0. The van der Waals surface area contributed by atoms with Gasteiger partial charge in [-0.25, -0.2) is 9.59 Å². The van der Waals surface area contributed by atoms with Gasteiger partial charge in [-0.3, -0.25) is 0 Å². The van der Waals surface area contributed by atoms with Crippen LogP contribution in [0.1, 0.15) is 106 Å². The van der Waals surface area contributed by atoms with Crippen LogP contribution in [0.4, 0.5) is 9.59 Å². The van der Waals surface area contributed by atoms with E-state index in [4.69, 9.17) is 18.9 Å². The van der Waals surface area contributed by atoms with Crippen LogP contribution in [-0.2, 0) is 18.9 Å². The quantitative estimate of drug-likeness (QED) is 0.365. The zero-order valence-corrected chi connectivity index (χ0v) is 29.9. The number of nitrogens with zero attached hydrogens (tertiary/aromatic N) is 1. The van der Waals surface area contributed by atoms with E-state index in [0.29, 0.717) is 31.0 Å². The molecule has 3 aliphatic heterocycles. The van der Waals surface area contributed by atoms with Crippen molar-refractivity contribution in [1.82, 2.24) is 10.2 Å². The molecule has 264 valence electrons. The van der Waals surface area contributed by atoms with Gasteiger partial charge in [0.2, 0.25) is 0 Å². The summed E-state index contributed by atoms with van der Waals surface area (Å²) in [6, 6.07) is 0.0695. The SMILES string of the molecule is CC(C)C(OC(=O)N1CCC1)C1C[C@@H](C)[C@H]2C(O1)[C@H](O)[C@@]1(C)C3CC[C@H]4C(C)(C)C(OC(=O)NC5COC5)CCC45CC35CCC21C. The Balaban J connectivity index is 1.03. The van der Waals surface area contributed by atoms with Gasteiger partial charge in [0.15, 0.2) is 0 Å². The predicted molar refractivity (Wildman–Crippen MR) is 175 cm³/mol. The summed E-state index contributed by atoms with van der Waals surface area (Å²) >= 11 is 0. The van der Waals surface area contributed by atoms with Crippen LogP contribution in [0.5, 0.6) is 0 Å². The molecule has 0 radical (unpaired) electrons. The smallest absolute Gasteiger partial charge is 0.410 e. The van der Waals surface area contributed by atoms with Crippen LogP contribution in [0, 0.1) is 56.7 Å². The number of nitrogens with one attached hydrogen (secondary N) is 1. The zero-order valence-electron chi connectivity index (χ0n) is 29.9. The predicted octanol–water partition coefficient (Wildman–Crippen LogP) is 6.16. The summed E-state index contributed by atoms with van der Waals surface area (Å²) in [5.41, 5.74) is 0.131. The maximum Gasteiger partial charge on any atom is 0.410 e. The van der Waals surface area contributed by atoms with Crippen molar-refractivity contribution < 1.29 is 33.6 Å². The van der Waals surface area contributed by atoms with Gasteiger partial charge >= 0.3 is 12.2 Å². The molecular weight excluding hydrogens is 596 g/mol. The van der Waals surface area contributed by atoms with Crippen LogP contribution in [0.25, 0.3) is 0 Å². The zero-order chi connectivity index (χ0) is 33.3. The lowest BCUT2D eigenvalue weighted by atomic mass is 9.41. The summed E-state index contributed by atoms with van der Waals surface area (Å²) in [6.45, 7) is 18.9. The molecule has 2 spiro atoms. The van der Waals surface area contributed by atoms with Crippen molar-refractivity contribution >= 4 is 12.2 Å². The Morgan fingerprint density at radius 2 is 1.68 bits per heavy atom. The Morgan fingerprint density at radius 1 is 0.979 bits per heavy atom. The monoisotopic (exact) mass is 656 g/mol. The van der Waals surface area contributed by atoms with E-state index < -0.39 is 6.10 Å². The van der Waals surface area contributed by atoms with Gasteiger partial charge in [0.25, 0.3) is 0 Å². The number of carbonyl (C=O) groups excluding carboxylic acids is 2. The number of aliphatic hydroxyl groups is 1. The molecule has 3 heterocycles. The lowest BCUT2D eigenvalue weighted by Gasteiger charge is -2.63. The number of aliphatic hydroxyl groups excluding tert-OH is 1. The Labute approximate surface area is 281 Å². The van der Waals surface area contributed by atoms with E-state index >= 15 is 0 Å². The standard InChI is InChI=1S/C38H60N2O7/c1-21(2)29(47-33(43)40-15-8-16-40)24-17-22(3)28-30(45-24)31(41)36(7)26-10-9-25-34(4,5)27(46-32(42)39-23-18-44-19-23)11-12-37(25)20-38(26,37)14-13-35(28,36)6/h21-31,41H,8-20H2,1-7H3,(H,39,42)/t22-,24?,25+,26?,27?,28+,29?,30?,31+,35?,36-,37?,38?/m1/s1. The van der Waals surface area contributed by atoms with Crippen molar-refractivity contribution in [2.24, 2.45) is 56.7 Å². The number of carbonyl (C=O) groups is 2. The van der Waals surface area contributed by atoms with E-state index in [0.717, 1.165) is 58.0 Å². The summed E-state index contributed by atoms with van der Waals surface area (Å²) < 4.78 is 24.5. The van der Waals surface area contributed by atoms with Gasteiger partial charge in [-0.1, -0.05) is 48.5 Å². The number of rotatable bonds is 5. The minimum absolute atomic E-state index is 0.0190. The van der Waals surface area contributed by atoms with Crippen LogP contribution in [0.15, 0.2) is 0 Å². The van der Waals surface area contributed by atoms with E-state index in [2.05, 4.69) is 53.8 Å². The third-order valence-corrected chi connectivity index (χ3v) is 16.3. The third kappa shape index (κ3) is 4.30. The molecule has 8 fully saturated rings. The normalized spacial score (nSPS) is 49.9. The van der Waals surface area contributed by atoms with E-state index in [1.807, 2.05) is 0 Å². The Bertz CT molecular complexity index is 1280. The first-order valence-electron chi connectivity index (χ1n) is 19.0. The number of hydrogen-bond donors (Lipinski definition) is 2. The first kappa shape index (κ1) is 32.6. The lowest BCUT2D eigenvalue weighted by Crippen LogP contribution is -2.60. The van der Waals surface area contributed by atoms with Crippen molar-refractivity contribution in [2.75, 3.05) is 26.3 Å². The summed E-state index contributed by atoms with van der Waals surface area (Å²) in [7, 11) is 0. The Hall–Kier alpha value is -1.58. The van der Waals surface area contributed by atoms with Gasteiger partial charge < -0.3 is 34.3 Å². The first-order chi connectivity index (χ1) is 22.2. The lowest BCUT2D eigenvalue weighted by molar-refractivity contribution is -0.185. The molecule has 5 saturated carbocycles. The summed E-state index contributed by atoms with van der Waals surface area (Å²) in [4.78, 5) is 27.5. The summed E-state index contributed by atoms with van der Waals surface area (Å²) in [6.07, 6.45) is 7.77. The number of hydrogen-bond acceptors (Lipinski definition) is 7. The summed E-state index contributed by atoms with van der Waals surface area (Å²) in [5.74, 6) is 1.73. The maximum absolute atomic E-state index is 12.9. The van der Waals surface area contributed by atoms with Gasteiger partial charge in [-0.05, 0) is 104 Å². The second-order valence-electron chi connectivity index (χ2n) is 18.8. The topological polar surface area (TPSA) is 107 Å². The molecule has 8 aliphatic rings. The molecule has 2 N–H and O–H groups in total. The highest BCUT2D eigenvalue weighted by Gasteiger charge is 2.84. The van der Waals surface area contributed by atoms with Crippen molar-refractivity contribution in [1.29, 1.82) is 0 Å². The third-order valence-electron chi connectivity index (χ3n) is 16.3. The Kier molecular flexibility index (Phi) is 7.43. The highest BCUT2D eigenvalue weighted by atomic mass is 16.6. The van der Waals surface area contributed by atoms with Crippen molar-refractivity contribution in [3.05, 3.63) is 0 Å². The second-order valence-corrected chi connectivity index (χ2v) is 18.8. The molecule has 0 bridgehead atoms. The van der Waals surface area contributed by atoms with Crippen molar-refractivity contribution in [3.63, 3.8) is 0 Å². The Morgan fingerprint density at radius 3 is 2.32 bits per heavy atom. The number of likely N-dealkylation sites (tertiary alicyclic amines) is 1. The number of ether oxygens (including phenoxy) is 4. The number of fused-ring (bicyclic) bond motifs is 4. The molecule has 0 aromatic rings. The van der Waals surface area contributed by atoms with E-state index in [-0.39, 0.29) is 81.6 Å². The minimum Gasteiger partial charge on any atom is -0.446 e. The van der Waals surface area contributed by atoms with Gasteiger partial charge in [0.05, 0.1) is 37.6 Å².